The van der Waals surface area contributed by atoms with Crippen LogP contribution < -0.4 is 5.73 Å². The van der Waals surface area contributed by atoms with Crippen molar-refractivity contribution in [2.24, 2.45) is 5.73 Å². The van der Waals surface area contributed by atoms with Crippen molar-refractivity contribution in [3.05, 3.63) is 54.4 Å². The Kier molecular flexibility index (Phi) is 2.30. The Labute approximate surface area is 114 Å². The highest BCUT2D eigenvalue weighted by Gasteiger charge is 2.15. The van der Waals surface area contributed by atoms with Gasteiger partial charge in [-0.15, -0.1) is 5.10 Å². The molecule has 3 heterocycles. The summed E-state index contributed by atoms with van der Waals surface area (Å²) in [4.78, 5) is 4.62. The first-order chi connectivity index (χ1) is 9.88. The average molecular weight is 264 g/mol. The third kappa shape index (κ3) is 1.45. The van der Waals surface area contributed by atoms with Crippen molar-refractivity contribution in [1.29, 1.82) is 0 Å². The number of nitrogens with zero attached hydrogens (tertiary/aromatic N) is 5. The van der Waals surface area contributed by atoms with E-state index in [1.54, 1.807) is 4.68 Å². The molecule has 6 heteroatoms. The summed E-state index contributed by atoms with van der Waals surface area (Å²) in [6.45, 7) is 0.384. The molecule has 4 aromatic rings. The maximum Gasteiger partial charge on any atom is 0.179 e. The summed E-state index contributed by atoms with van der Waals surface area (Å²) in [6.07, 6.45) is 1.95. The summed E-state index contributed by atoms with van der Waals surface area (Å²) in [5.74, 6) is 0.729. The van der Waals surface area contributed by atoms with Crippen LogP contribution in [0.25, 0.3) is 22.5 Å². The molecule has 0 bridgehead atoms. The number of para-hydroxylation sites is 1. The lowest BCUT2D eigenvalue weighted by Crippen LogP contribution is -2.07. The molecule has 0 unspecified atom stereocenters. The van der Waals surface area contributed by atoms with E-state index in [2.05, 4.69) is 15.3 Å². The fraction of sp³-hybridized carbons (Fsp3) is 0.0714. The van der Waals surface area contributed by atoms with Crippen molar-refractivity contribution >= 4 is 16.7 Å². The van der Waals surface area contributed by atoms with E-state index in [9.17, 15) is 0 Å². The Morgan fingerprint density at radius 1 is 1.05 bits per heavy atom. The van der Waals surface area contributed by atoms with Gasteiger partial charge in [-0.3, -0.25) is 0 Å². The van der Waals surface area contributed by atoms with Gasteiger partial charge in [0.2, 0.25) is 0 Å². The van der Waals surface area contributed by atoms with Crippen LogP contribution in [-0.2, 0) is 6.54 Å². The van der Waals surface area contributed by atoms with E-state index in [1.807, 2.05) is 53.1 Å². The van der Waals surface area contributed by atoms with Crippen LogP contribution in [0.15, 0.2) is 48.7 Å². The van der Waals surface area contributed by atoms with Crippen LogP contribution in [0, 0.1) is 0 Å². The number of benzene rings is 1. The van der Waals surface area contributed by atoms with Gasteiger partial charge in [-0.05, 0) is 24.3 Å². The molecule has 0 aliphatic carbocycles. The van der Waals surface area contributed by atoms with Gasteiger partial charge in [-0.2, -0.15) is 4.68 Å². The highest BCUT2D eigenvalue weighted by atomic mass is 15.5. The number of aromatic nitrogens is 5. The summed E-state index contributed by atoms with van der Waals surface area (Å²) >= 11 is 0. The fourth-order valence-electron chi connectivity index (χ4n) is 2.42. The average Bonchev–Trinajstić information content (AvgIpc) is 3.07. The van der Waals surface area contributed by atoms with E-state index >= 15 is 0 Å². The molecule has 0 saturated carbocycles. The first-order valence-electron chi connectivity index (χ1n) is 6.35. The Morgan fingerprint density at radius 2 is 1.90 bits per heavy atom. The number of fused-ring (bicyclic) bond motifs is 2. The topological polar surface area (TPSA) is 74.0 Å². The summed E-state index contributed by atoms with van der Waals surface area (Å²) in [5, 5.41) is 8.37. The molecule has 0 atom stereocenters. The Morgan fingerprint density at radius 3 is 2.80 bits per heavy atom. The number of nitrogens with two attached hydrogens (primary N) is 1. The van der Waals surface area contributed by atoms with Gasteiger partial charge in [0.15, 0.2) is 5.82 Å². The minimum absolute atomic E-state index is 0.384. The van der Waals surface area contributed by atoms with Crippen LogP contribution in [0.3, 0.4) is 0 Å². The maximum absolute atomic E-state index is 5.89. The highest BCUT2D eigenvalue weighted by molar-refractivity contribution is 5.76. The molecule has 0 aliphatic heterocycles. The molecule has 0 fully saturated rings. The van der Waals surface area contributed by atoms with Crippen LogP contribution in [0.2, 0.25) is 0 Å². The van der Waals surface area contributed by atoms with E-state index < -0.39 is 0 Å². The molecule has 0 aliphatic rings. The third-order valence-corrected chi connectivity index (χ3v) is 3.35. The molecular weight excluding hydrogens is 252 g/mol. The lowest BCUT2D eigenvalue weighted by molar-refractivity contribution is 0.789. The highest BCUT2D eigenvalue weighted by Crippen LogP contribution is 2.20. The Balaban J connectivity index is 2.07. The molecule has 0 spiro atoms. The van der Waals surface area contributed by atoms with Crippen molar-refractivity contribution in [2.75, 3.05) is 0 Å². The molecule has 2 N–H and O–H groups in total. The van der Waals surface area contributed by atoms with E-state index in [-0.39, 0.29) is 0 Å². The molecule has 0 saturated heterocycles. The monoisotopic (exact) mass is 264 g/mol. The van der Waals surface area contributed by atoms with Crippen LogP contribution in [-0.4, -0.2) is 24.4 Å². The van der Waals surface area contributed by atoms with Gasteiger partial charge >= 0.3 is 0 Å². The van der Waals surface area contributed by atoms with E-state index in [4.69, 9.17) is 5.73 Å². The largest absolute Gasteiger partial charge is 0.325 e. The molecule has 20 heavy (non-hydrogen) atoms. The Bertz CT molecular complexity index is 904. The van der Waals surface area contributed by atoms with Gasteiger partial charge in [0.25, 0.3) is 0 Å². The second kappa shape index (κ2) is 4.14. The van der Waals surface area contributed by atoms with Gasteiger partial charge in [0.1, 0.15) is 11.2 Å². The van der Waals surface area contributed by atoms with Crippen molar-refractivity contribution in [3.8, 4) is 5.82 Å². The summed E-state index contributed by atoms with van der Waals surface area (Å²) in [7, 11) is 0. The second-order valence-electron chi connectivity index (χ2n) is 4.51. The molecular formula is C14H12N6. The summed E-state index contributed by atoms with van der Waals surface area (Å²) in [6, 6.07) is 13.6. The predicted molar refractivity (Wildman–Crippen MR) is 75.5 cm³/mol. The quantitative estimate of drug-likeness (QED) is 0.596. The minimum Gasteiger partial charge on any atom is -0.325 e. The minimum atomic E-state index is 0.384. The van der Waals surface area contributed by atoms with Crippen molar-refractivity contribution in [2.45, 2.75) is 6.54 Å². The fourth-order valence-corrected chi connectivity index (χ4v) is 2.42. The standard InChI is InChI=1S/C14H12N6/c15-9-12-14(16-13-7-3-4-8-19(12)13)20-11-6-2-1-5-10(11)17-18-20/h1-8H,9,15H2. The molecule has 6 nitrogen and oxygen atoms in total. The van der Waals surface area contributed by atoms with Gasteiger partial charge < -0.3 is 10.1 Å². The Hall–Kier alpha value is -2.73. The van der Waals surface area contributed by atoms with Gasteiger partial charge in [-0.1, -0.05) is 23.4 Å². The number of imidazole rings is 1. The first kappa shape index (κ1) is 11.1. The molecule has 4 rings (SSSR count). The molecule has 1 aromatic carbocycles. The summed E-state index contributed by atoms with van der Waals surface area (Å²) in [5.41, 5.74) is 9.41. The van der Waals surface area contributed by atoms with Crippen molar-refractivity contribution in [1.82, 2.24) is 24.4 Å². The van der Waals surface area contributed by atoms with Gasteiger partial charge in [0.05, 0.1) is 11.2 Å². The van der Waals surface area contributed by atoms with Crippen LogP contribution in [0.1, 0.15) is 5.69 Å². The predicted octanol–water partition coefficient (Wildman–Crippen LogP) is 1.53. The normalized spacial score (nSPS) is 11.4. The van der Waals surface area contributed by atoms with Crippen LogP contribution >= 0.6 is 0 Å². The number of pyridine rings is 1. The lowest BCUT2D eigenvalue weighted by atomic mass is 10.3. The van der Waals surface area contributed by atoms with E-state index in [0.29, 0.717) is 6.54 Å². The molecule has 0 amide bonds. The van der Waals surface area contributed by atoms with Crippen molar-refractivity contribution in [3.63, 3.8) is 0 Å². The van der Waals surface area contributed by atoms with Crippen LogP contribution in [0.5, 0.6) is 0 Å². The molecule has 98 valence electrons. The third-order valence-electron chi connectivity index (χ3n) is 3.35. The zero-order valence-electron chi connectivity index (χ0n) is 10.6. The zero-order valence-corrected chi connectivity index (χ0v) is 10.6. The first-order valence-corrected chi connectivity index (χ1v) is 6.35. The maximum atomic E-state index is 5.89. The van der Waals surface area contributed by atoms with Gasteiger partial charge in [0, 0.05) is 12.7 Å². The van der Waals surface area contributed by atoms with E-state index in [1.165, 1.54) is 0 Å². The number of hydrogen-bond acceptors (Lipinski definition) is 4. The lowest BCUT2D eigenvalue weighted by Gasteiger charge is -2.02. The summed E-state index contributed by atoms with van der Waals surface area (Å²) < 4.78 is 3.72. The SMILES string of the molecule is NCc1c(-n2nnc3ccccc32)nc2ccccn12. The van der Waals surface area contributed by atoms with Crippen LogP contribution in [0.4, 0.5) is 0 Å². The smallest absolute Gasteiger partial charge is 0.179 e. The van der Waals surface area contributed by atoms with Crippen molar-refractivity contribution < 1.29 is 0 Å². The molecule has 0 radical (unpaired) electrons. The molecule has 3 aromatic heterocycles. The number of rotatable bonds is 2. The second-order valence-corrected chi connectivity index (χ2v) is 4.51. The van der Waals surface area contributed by atoms with E-state index in [0.717, 1.165) is 28.2 Å². The van der Waals surface area contributed by atoms with Gasteiger partial charge in [-0.25, -0.2) is 4.98 Å². The zero-order chi connectivity index (χ0) is 13.5. The number of hydrogen-bond donors (Lipinski definition) is 1.